The molecule has 4 rings (SSSR count). The van der Waals surface area contributed by atoms with Crippen molar-refractivity contribution < 1.29 is 0 Å². The summed E-state index contributed by atoms with van der Waals surface area (Å²) in [6.07, 6.45) is 6.83. The van der Waals surface area contributed by atoms with Crippen molar-refractivity contribution in [3.8, 4) is 0 Å². The monoisotopic (exact) mass is 201 g/mol. The highest BCUT2D eigenvalue weighted by Gasteiger charge is 2.38. The van der Waals surface area contributed by atoms with E-state index in [2.05, 4.69) is 35.6 Å². The van der Waals surface area contributed by atoms with Gasteiger partial charge in [0.1, 0.15) is 0 Å². The highest BCUT2D eigenvalue weighted by atomic mass is 14.9. The fraction of sp³-hybridized carbons (Fsp3) is 0.571. The Bertz CT molecular complexity index is 317. The lowest BCUT2D eigenvalue weighted by Gasteiger charge is -2.37. The van der Waals surface area contributed by atoms with Crippen LogP contribution in [0.1, 0.15) is 37.7 Å². The van der Waals surface area contributed by atoms with Crippen LogP contribution in [0.25, 0.3) is 0 Å². The molecule has 1 saturated carbocycles. The summed E-state index contributed by atoms with van der Waals surface area (Å²) < 4.78 is 0. The molecule has 0 unspecified atom stereocenters. The van der Waals surface area contributed by atoms with Crippen LogP contribution in [0.15, 0.2) is 30.3 Å². The second-order valence-electron chi connectivity index (χ2n) is 5.12. The predicted molar refractivity (Wildman–Crippen MR) is 63.0 cm³/mol. The third-order valence-corrected chi connectivity index (χ3v) is 4.37. The molecule has 2 saturated heterocycles. The van der Waals surface area contributed by atoms with E-state index in [9.17, 15) is 0 Å². The Labute approximate surface area is 91.9 Å². The van der Waals surface area contributed by atoms with E-state index in [1.54, 1.807) is 5.56 Å². The number of nitrogens with one attached hydrogen (secondary N) is 1. The lowest BCUT2D eigenvalue weighted by Crippen LogP contribution is -2.32. The van der Waals surface area contributed by atoms with Gasteiger partial charge in [0, 0.05) is 6.04 Å². The molecule has 1 aliphatic carbocycles. The zero-order chi connectivity index (χ0) is 10.1. The summed E-state index contributed by atoms with van der Waals surface area (Å²) in [5.74, 6) is 0. The van der Waals surface area contributed by atoms with Crippen molar-refractivity contribution in [2.24, 2.45) is 0 Å². The maximum absolute atomic E-state index is 3.67. The molecule has 0 radical (unpaired) electrons. The van der Waals surface area contributed by atoms with Crippen molar-refractivity contribution in [2.75, 3.05) is 6.54 Å². The van der Waals surface area contributed by atoms with Gasteiger partial charge in [0.15, 0.2) is 0 Å². The Morgan fingerprint density at radius 1 is 1.00 bits per heavy atom. The van der Waals surface area contributed by atoms with E-state index in [0.29, 0.717) is 5.41 Å². The summed E-state index contributed by atoms with van der Waals surface area (Å²) in [5.41, 5.74) is 2.08. The van der Waals surface area contributed by atoms with E-state index in [1.165, 1.54) is 38.6 Å². The molecule has 0 aromatic heterocycles. The zero-order valence-corrected chi connectivity index (χ0v) is 9.21. The molecule has 0 amide bonds. The Morgan fingerprint density at radius 2 is 1.73 bits per heavy atom. The SMILES string of the molecule is c1ccc(C23CCNC(CC2)CC3)cc1. The highest BCUT2D eigenvalue weighted by Crippen LogP contribution is 2.43. The quantitative estimate of drug-likeness (QED) is 0.736. The van der Waals surface area contributed by atoms with Crippen LogP contribution in [0.2, 0.25) is 0 Å². The predicted octanol–water partition coefficient (Wildman–Crippen LogP) is 2.86. The molecule has 3 fully saturated rings. The molecular formula is C14H19N. The van der Waals surface area contributed by atoms with Gasteiger partial charge in [-0.05, 0) is 49.6 Å². The van der Waals surface area contributed by atoms with Crippen LogP contribution < -0.4 is 5.32 Å². The molecule has 15 heavy (non-hydrogen) atoms. The number of benzene rings is 1. The first-order valence-electron chi connectivity index (χ1n) is 6.18. The summed E-state index contributed by atoms with van der Waals surface area (Å²) in [7, 11) is 0. The van der Waals surface area contributed by atoms with Crippen LogP contribution in [-0.2, 0) is 5.41 Å². The molecule has 3 aliphatic rings. The smallest absolute Gasteiger partial charge is 0.00677 e. The van der Waals surface area contributed by atoms with Gasteiger partial charge in [-0.3, -0.25) is 0 Å². The number of fused-ring (bicyclic) bond motifs is 4. The van der Waals surface area contributed by atoms with Gasteiger partial charge in [-0.1, -0.05) is 30.3 Å². The maximum Gasteiger partial charge on any atom is 0.00677 e. The molecule has 80 valence electrons. The lowest BCUT2D eigenvalue weighted by molar-refractivity contribution is 0.287. The van der Waals surface area contributed by atoms with Gasteiger partial charge >= 0.3 is 0 Å². The summed E-state index contributed by atoms with van der Waals surface area (Å²) in [5, 5.41) is 3.67. The minimum atomic E-state index is 0.501. The summed E-state index contributed by atoms with van der Waals surface area (Å²) in [6, 6.07) is 12.0. The molecule has 0 spiro atoms. The van der Waals surface area contributed by atoms with Crippen LogP contribution in [0.4, 0.5) is 0 Å². The highest BCUT2D eigenvalue weighted by molar-refractivity contribution is 5.27. The van der Waals surface area contributed by atoms with E-state index in [4.69, 9.17) is 0 Å². The van der Waals surface area contributed by atoms with Gasteiger partial charge in [-0.25, -0.2) is 0 Å². The van der Waals surface area contributed by atoms with Crippen LogP contribution in [0.5, 0.6) is 0 Å². The van der Waals surface area contributed by atoms with Crippen molar-refractivity contribution in [3.63, 3.8) is 0 Å². The second kappa shape index (κ2) is 3.64. The third kappa shape index (κ3) is 1.59. The Morgan fingerprint density at radius 3 is 2.47 bits per heavy atom. The average molecular weight is 201 g/mol. The van der Waals surface area contributed by atoms with E-state index < -0.39 is 0 Å². The normalized spacial score (nSPS) is 35.1. The van der Waals surface area contributed by atoms with Crippen LogP contribution in [0, 0.1) is 0 Å². The summed E-state index contributed by atoms with van der Waals surface area (Å²) >= 11 is 0. The van der Waals surface area contributed by atoms with Gasteiger partial charge in [0.25, 0.3) is 0 Å². The van der Waals surface area contributed by atoms with E-state index in [1.807, 2.05) is 0 Å². The van der Waals surface area contributed by atoms with E-state index in [-0.39, 0.29) is 0 Å². The van der Waals surface area contributed by atoms with Crippen molar-refractivity contribution in [1.82, 2.24) is 5.32 Å². The van der Waals surface area contributed by atoms with Gasteiger partial charge in [0.2, 0.25) is 0 Å². The third-order valence-electron chi connectivity index (χ3n) is 4.37. The standard InChI is InChI=1S/C14H19N/c1-2-4-12(5-3-1)14-8-6-13(7-9-14)15-11-10-14/h1-5,13,15H,6-11H2. The molecule has 1 aromatic rings. The fourth-order valence-electron chi connectivity index (χ4n) is 3.36. The summed E-state index contributed by atoms with van der Waals surface area (Å²) in [6.45, 7) is 1.21. The second-order valence-corrected chi connectivity index (χ2v) is 5.12. The van der Waals surface area contributed by atoms with Gasteiger partial charge < -0.3 is 5.32 Å². The van der Waals surface area contributed by atoms with Crippen LogP contribution in [0.3, 0.4) is 0 Å². The first-order chi connectivity index (χ1) is 7.39. The molecule has 2 heterocycles. The lowest BCUT2D eigenvalue weighted by atomic mass is 9.68. The molecule has 1 nitrogen and oxygen atoms in total. The van der Waals surface area contributed by atoms with Crippen molar-refractivity contribution in [3.05, 3.63) is 35.9 Å². The first kappa shape index (κ1) is 9.41. The van der Waals surface area contributed by atoms with Crippen LogP contribution in [-0.4, -0.2) is 12.6 Å². The molecule has 0 atom stereocenters. The van der Waals surface area contributed by atoms with Crippen molar-refractivity contribution in [1.29, 1.82) is 0 Å². The zero-order valence-electron chi connectivity index (χ0n) is 9.21. The van der Waals surface area contributed by atoms with Gasteiger partial charge in [-0.2, -0.15) is 0 Å². The van der Waals surface area contributed by atoms with Gasteiger partial charge in [-0.15, -0.1) is 0 Å². The Kier molecular flexibility index (Phi) is 2.28. The summed E-state index contributed by atoms with van der Waals surface area (Å²) in [4.78, 5) is 0. The van der Waals surface area contributed by atoms with Gasteiger partial charge in [0.05, 0.1) is 0 Å². The fourth-order valence-corrected chi connectivity index (χ4v) is 3.36. The maximum atomic E-state index is 3.67. The molecular weight excluding hydrogens is 182 g/mol. The molecule has 2 bridgehead atoms. The minimum Gasteiger partial charge on any atom is -0.314 e. The van der Waals surface area contributed by atoms with E-state index >= 15 is 0 Å². The average Bonchev–Trinajstić information content (AvgIpc) is 2.65. The minimum absolute atomic E-state index is 0.501. The topological polar surface area (TPSA) is 12.0 Å². The Hall–Kier alpha value is -0.820. The number of rotatable bonds is 1. The van der Waals surface area contributed by atoms with Crippen LogP contribution >= 0.6 is 0 Å². The van der Waals surface area contributed by atoms with Crippen molar-refractivity contribution in [2.45, 2.75) is 43.6 Å². The molecule has 1 heteroatoms. The molecule has 2 aliphatic heterocycles. The molecule has 1 aromatic carbocycles. The molecule has 1 N–H and O–H groups in total. The largest absolute Gasteiger partial charge is 0.314 e. The van der Waals surface area contributed by atoms with Crippen molar-refractivity contribution >= 4 is 0 Å². The first-order valence-corrected chi connectivity index (χ1v) is 6.18. The number of hydrogen-bond acceptors (Lipinski definition) is 1. The number of hydrogen-bond donors (Lipinski definition) is 1. The van der Waals surface area contributed by atoms with E-state index in [0.717, 1.165) is 6.04 Å². The Balaban J connectivity index is 1.95.